The first-order valence-corrected chi connectivity index (χ1v) is 5.22. The van der Waals surface area contributed by atoms with Crippen LogP contribution in [-0.2, 0) is 0 Å². The van der Waals surface area contributed by atoms with Gasteiger partial charge in [-0.05, 0) is 0 Å². The summed E-state index contributed by atoms with van der Waals surface area (Å²) in [7, 11) is 0. The van der Waals surface area contributed by atoms with E-state index in [0.29, 0.717) is 22.9 Å². The molecule has 0 atom stereocenters. The highest BCUT2D eigenvalue weighted by molar-refractivity contribution is 5.77. The standard InChI is InChI=1S/C10H6N8/c1-5-7(13-3-11-1)17-9(15-5)10-16-6-2-12-4-14-8(6)18-10/h1-4H,(H,11,13,15,17)(H,12,14,16,18). The monoisotopic (exact) mass is 238 g/mol. The molecule has 2 N–H and O–H groups in total. The van der Waals surface area contributed by atoms with Gasteiger partial charge in [-0.25, -0.2) is 29.9 Å². The predicted octanol–water partition coefficient (Wildman–Crippen LogP) is 0.686. The Kier molecular flexibility index (Phi) is 1.68. The van der Waals surface area contributed by atoms with Gasteiger partial charge < -0.3 is 9.97 Å². The number of fused-ring (bicyclic) bond motifs is 2. The number of H-pyrrole nitrogens is 2. The lowest BCUT2D eigenvalue weighted by Crippen LogP contribution is -1.82. The van der Waals surface area contributed by atoms with Crippen molar-refractivity contribution in [2.75, 3.05) is 0 Å². The summed E-state index contributed by atoms with van der Waals surface area (Å²) < 4.78 is 0. The highest BCUT2D eigenvalue weighted by Crippen LogP contribution is 2.17. The molecule has 0 aliphatic rings. The molecule has 0 amide bonds. The number of rotatable bonds is 1. The molecule has 18 heavy (non-hydrogen) atoms. The van der Waals surface area contributed by atoms with E-state index in [4.69, 9.17) is 0 Å². The van der Waals surface area contributed by atoms with Gasteiger partial charge in [-0.2, -0.15) is 0 Å². The summed E-state index contributed by atoms with van der Waals surface area (Å²) in [6.07, 6.45) is 6.25. The molecule has 0 bridgehead atoms. The Morgan fingerprint density at radius 3 is 1.67 bits per heavy atom. The second-order valence-corrected chi connectivity index (χ2v) is 3.69. The lowest BCUT2D eigenvalue weighted by Gasteiger charge is -1.85. The van der Waals surface area contributed by atoms with Crippen LogP contribution in [-0.4, -0.2) is 39.9 Å². The van der Waals surface area contributed by atoms with Crippen molar-refractivity contribution in [1.82, 2.24) is 39.9 Å². The van der Waals surface area contributed by atoms with E-state index in [1.807, 2.05) is 0 Å². The van der Waals surface area contributed by atoms with Crippen molar-refractivity contribution in [2.24, 2.45) is 0 Å². The highest BCUT2D eigenvalue weighted by Gasteiger charge is 2.10. The first kappa shape index (κ1) is 9.16. The second-order valence-electron chi connectivity index (χ2n) is 3.69. The fraction of sp³-hybridized carbons (Fsp3) is 0. The minimum Gasteiger partial charge on any atom is -0.333 e. The molecule has 0 aromatic carbocycles. The number of nitrogens with zero attached hydrogens (tertiary/aromatic N) is 6. The third-order valence-corrected chi connectivity index (χ3v) is 2.55. The maximum atomic E-state index is 4.33. The van der Waals surface area contributed by atoms with Crippen LogP contribution >= 0.6 is 0 Å². The van der Waals surface area contributed by atoms with Crippen LogP contribution in [0.1, 0.15) is 0 Å². The van der Waals surface area contributed by atoms with E-state index >= 15 is 0 Å². The SMILES string of the molecule is c1ncc2[nH]c(-c3nc4ncncc4[nH]3)nc2n1. The summed E-state index contributed by atoms with van der Waals surface area (Å²) in [5.74, 6) is 1.20. The first-order valence-electron chi connectivity index (χ1n) is 5.22. The largest absolute Gasteiger partial charge is 0.333 e. The molecule has 4 heterocycles. The summed E-state index contributed by atoms with van der Waals surface area (Å²) in [6, 6.07) is 0. The van der Waals surface area contributed by atoms with E-state index < -0.39 is 0 Å². The molecular weight excluding hydrogens is 232 g/mol. The summed E-state index contributed by atoms with van der Waals surface area (Å²) in [5.41, 5.74) is 2.73. The third kappa shape index (κ3) is 1.25. The topological polar surface area (TPSA) is 109 Å². The van der Waals surface area contributed by atoms with Crippen molar-refractivity contribution < 1.29 is 0 Å². The molecule has 8 nitrogen and oxygen atoms in total. The number of aromatic nitrogens is 8. The van der Waals surface area contributed by atoms with Crippen LogP contribution in [0.4, 0.5) is 0 Å². The summed E-state index contributed by atoms with van der Waals surface area (Å²) >= 11 is 0. The summed E-state index contributed by atoms with van der Waals surface area (Å²) in [5, 5.41) is 0. The third-order valence-electron chi connectivity index (χ3n) is 2.55. The van der Waals surface area contributed by atoms with Crippen LogP contribution in [0.5, 0.6) is 0 Å². The van der Waals surface area contributed by atoms with Crippen molar-refractivity contribution in [3.8, 4) is 11.6 Å². The lowest BCUT2D eigenvalue weighted by molar-refractivity contribution is 1.19. The van der Waals surface area contributed by atoms with Crippen molar-refractivity contribution in [1.29, 1.82) is 0 Å². The van der Waals surface area contributed by atoms with Gasteiger partial charge in [0.05, 0.1) is 12.4 Å². The molecule has 0 fully saturated rings. The van der Waals surface area contributed by atoms with Gasteiger partial charge in [-0.3, -0.25) is 0 Å². The van der Waals surface area contributed by atoms with Crippen molar-refractivity contribution in [3.63, 3.8) is 0 Å². The summed E-state index contributed by atoms with van der Waals surface area (Å²) in [6.45, 7) is 0. The number of aromatic amines is 2. The maximum absolute atomic E-state index is 4.33. The first-order chi connectivity index (χ1) is 8.90. The van der Waals surface area contributed by atoms with Gasteiger partial charge in [0, 0.05) is 0 Å². The van der Waals surface area contributed by atoms with Crippen LogP contribution in [0.25, 0.3) is 34.0 Å². The zero-order valence-corrected chi connectivity index (χ0v) is 8.99. The Morgan fingerprint density at radius 1 is 0.722 bits per heavy atom. The quantitative estimate of drug-likeness (QED) is 0.505. The van der Waals surface area contributed by atoms with Crippen molar-refractivity contribution >= 4 is 22.3 Å². The number of nitrogens with one attached hydrogen (secondary N) is 2. The van der Waals surface area contributed by atoms with Gasteiger partial charge in [-0.15, -0.1) is 0 Å². The molecule has 0 aliphatic heterocycles. The van der Waals surface area contributed by atoms with Crippen molar-refractivity contribution in [2.45, 2.75) is 0 Å². The zero-order valence-electron chi connectivity index (χ0n) is 8.99. The molecule has 4 aromatic heterocycles. The fourth-order valence-corrected chi connectivity index (χ4v) is 1.75. The molecule has 0 saturated carbocycles. The predicted molar refractivity (Wildman–Crippen MR) is 62.4 cm³/mol. The lowest BCUT2D eigenvalue weighted by atomic mass is 10.6. The van der Waals surface area contributed by atoms with Crippen LogP contribution in [0.15, 0.2) is 25.0 Å². The Hall–Kier alpha value is -2.90. The van der Waals surface area contributed by atoms with E-state index in [1.165, 1.54) is 12.7 Å². The number of hydrogen-bond acceptors (Lipinski definition) is 6. The smallest absolute Gasteiger partial charge is 0.181 e. The molecule has 0 unspecified atom stereocenters. The Labute approximate surface area is 99.6 Å². The molecule has 86 valence electrons. The second kappa shape index (κ2) is 3.29. The average molecular weight is 238 g/mol. The molecular formula is C10H6N8. The molecule has 0 aliphatic carbocycles. The van der Waals surface area contributed by atoms with E-state index in [0.717, 1.165) is 11.0 Å². The van der Waals surface area contributed by atoms with Gasteiger partial charge in [0.1, 0.15) is 23.7 Å². The molecule has 0 saturated heterocycles. The number of hydrogen-bond donors (Lipinski definition) is 2. The number of imidazole rings is 2. The Morgan fingerprint density at radius 2 is 1.22 bits per heavy atom. The van der Waals surface area contributed by atoms with Gasteiger partial charge in [0.2, 0.25) is 0 Å². The summed E-state index contributed by atoms with van der Waals surface area (Å²) in [4.78, 5) is 30.8. The Bertz CT molecular complexity index is 707. The average Bonchev–Trinajstić information content (AvgIpc) is 3.02. The highest BCUT2D eigenvalue weighted by atomic mass is 15.1. The van der Waals surface area contributed by atoms with Gasteiger partial charge in [0.15, 0.2) is 22.9 Å². The maximum Gasteiger partial charge on any atom is 0.181 e. The van der Waals surface area contributed by atoms with Gasteiger partial charge in [0.25, 0.3) is 0 Å². The van der Waals surface area contributed by atoms with Crippen LogP contribution < -0.4 is 0 Å². The molecule has 0 spiro atoms. The van der Waals surface area contributed by atoms with E-state index in [1.54, 1.807) is 12.4 Å². The van der Waals surface area contributed by atoms with E-state index in [-0.39, 0.29) is 0 Å². The van der Waals surface area contributed by atoms with Crippen molar-refractivity contribution in [3.05, 3.63) is 25.0 Å². The minimum atomic E-state index is 0.600. The van der Waals surface area contributed by atoms with E-state index in [9.17, 15) is 0 Å². The minimum absolute atomic E-state index is 0.600. The molecule has 0 radical (unpaired) electrons. The van der Waals surface area contributed by atoms with E-state index in [2.05, 4.69) is 39.9 Å². The van der Waals surface area contributed by atoms with Crippen LogP contribution in [0.2, 0.25) is 0 Å². The van der Waals surface area contributed by atoms with Gasteiger partial charge in [-0.1, -0.05) is 0 Å². The van der Waals surface area contributed by atoms with Crippen LogP contribution in [0, 0.1) is 0 Å². The molecule has 4 aromatic rings. The molecule has 8 heteroatoms. The normalized spacial score (nSPS) is 11.3. The Balaban J connectivity index is 1.95. The van der Waals surface area contributed by atoms with Crippen LogP contribution in [0.3, 0.4) is 0 Å². The fourth-order valence-electron chi connectivity index (χ4n) is 1.75. The molecule has 4 rings (SSSR count). The zero-order chi connectivity index (χ0) is 11.9. The van der Waals surface area contributed by atoms with Gasteiger partial charge >= 0.3 is 0 Å².